The molecule has 0 aliphatic heterocycles. The number of rotatable bonds is 6. The summed E-state index contributed by atoms with van der Waals surface area (Å²) in [6.07, 6.45) is 8.54. The molecule has 0 saturated heterocycles. The molecule has 0 spiro atoms. The highest BCUT2D eigenvalue weighted by molar-refractivity contribution is 5.47. The number of benzene rings is 1. The summed E-state index contributed by atoms with van der Waals surface area (Å²) in [5.41, 5.74) is 4.18. The highest BCUT2D eigenvalue weighted by Gasteiger charge is 2.12. The second-order valence-corrected chi connectivity index (χ2v) is 5.20. The lowest BCUT2D eigenvalue weighted by Crippen LogP contribution is -2.09. The van der Waals surface area contributed by atoms with Gasteiger partial charge in [0.05, 0.1) is 0 Å². The molecule has 4 heteroatoms. The van der Waals surface area contributed by atoms with Crippen LogP contribution in [0.3, 0.4) is 0 Å². The zero-order valence-corrected chi connectivity index (χ0v) is 11.9. The minimum Gasteiger partial charge on any atom is -0.385 e. The van der Waals surface area contributed by atoms with E-state index < -0.39 is 0 Å². The fraction of sp³-hybridized carbons (Fsp3) is 0.438. The molecule has 1 aliphatic rings. The van der Waals surface area contributed by atoms with E-state index in [4.69, 9.17) is 4.74 Å². The average molecular weight is 271 g/mol. The molecule has 2 aromatic rings. The number of hydrogen-bond donors (Lipinski definition) is 1. The van der Waals surface area contributed by atoms with Crippen molar-refractivity contribution in [1.29, 1.82) is 0 Å². The maximum atomic E-state index is 5.06. The van der Waals surface area contributed by atoms with Crippen LogP contribution in [0.2, 0.25) is 0 Å². The van der Waals surface area contributed by atoms with Crippen molar-refractivity contribution in [2.75, 3.05) is 25.6 Å². The molecule has 1 aromatic carbocycles. The molecule has 0 amide bonds. The molecule has 0 saturated carbocycles. The van der Waals surface area contributed by atoms with E-state index in [0.29, 0.717) is 0 Å². The predicted octanol–water partition coefficient (Wildman–Crippen LogP) is 2.81. The van der Waals surface area contributed by atoms with Gasteiger partial charge in [0.1, 0.15) is 0 Å². The Morgan fingerprint density at radius 2 is 2.20 bits per heavy atom. The van der Waals surface area contributed by atoms with Gasteiger partial charge in [0.15, 0.2) is 0 Å². The number of hydrogen-bond acceptors (Lipinski definition) is 3. The molecule has 1 heterocycles. The Balaban J connectivity index is 1.75. The second kappa shape index (κ2) is 6.09. The van der Waals surface area contributed by atoms with Crippen LogP contribution >= 0.6 is 0 Å². The maximum absolute atomic E-state index is 5.06. The lowest BCUT2D eigenvalue weighted by molar-refractivity contribution is 0.197. The maximum Gasteiger partial charge on any atom is 0.207 e. The third kappa shape index (κ3) is 2.70. The number of methoxy groups -OCH3 is 1. The van der Waals surface area contributed by atoms with Gasteiger partial charge in [-0.3, -0.25) is 4.57 Å². The van der Waals surface area contributed by atoms with Crippen LogP contribution in [0.4, 0.5) is 5.95 Å². The van der Waals surface area contributed by atoms with Gasteiger partial charge in [-0.2, -0.15) is 0 Å². The van der Waals surface area contributed by atoms with Gasteiger partial charge in [-0.1, -0.05) is 6.07 Å². The molecule has 20 heavy (non-hydrogen) atoms. The molecule has 0 unspecified atom stereocenters. The number of imidazole rings is 1. The Labute approximate surface area is 119 Å². The van der Waals surface area contributed by atoms with Crippen LogP contribution in [0.1, 0.15) is 24.0 Å². The van der Waals surface area contributed by atoms with E-state index in [1.165, 1.54) is 36.1 Å². The number of fused-ring (bicyclic) bond motifs is 1. The summed E-state index contributed by atoms with van der Waals surface area (Å²) >= 11 is 0. The van der Waals surface area contributed by atoms with Crippen LogP contribution in [0.5, 0.6) is 0 Å². The first kappa shape index (κ1) is 13.2. The van der Waals surface area contributed by atoms with Gasteiger partial charge < -0.3 is 10.1 Å². The predicted molar refractivity (Wildman–Crippen MR) is 80.6 cm³/mol. The number of aromatic nitrogens is 2. The van der Waals surface area contributed by atoms with Gasteiger partial charge in [-0.25, -0.2) is 4.98 Å². The summed E-state index contributed by atoms with van der Waals surface area (Å²) in [6, 6.07) is 6.74. The van der Waals surface area contributed by atoms with Crippen molar-refractivity contribution >= 4 is 5.95 Å². The third-order valence-electron chi connectivity index (χ3n) is 3.81. The summed E-state index contributed by atoms with van der Waals surface area (Å²) in [4.78, 5) is 4.39. The fourth-order valence-electron chi connectivity index (χ4n) is 2.77. The molecule has 0 atom stereocenters. The first-order chi connectivity index (χ1) is 9.88. The summed E-state index contributed by atoms with van der Waals surface area (Å²) in [5.74, 6) is 0.902. The molecule has 0 fully saturated rings. The van der Waals surface area contributed by atoms with E-state index in [-0.39, 0.29) is 0 Å². The van der Waals surface area contributed by atoms with Gasteiger partial charge in [-0.05, 0) is 48.9 Å². The first-order valence-corrected chi connectivity index (χ1v) is 7.27. The minimum atomic E-state index is 0.770. The zero-order valence-electron chi connectivity index (χ0n) is 11.9. The number of nitrogens with one attached hydrogen (secondary N) is 1. The topological polar surface area (TPSA) is 39.1 Å². The summed E-state index contributed by atoms with van der Waals surface area (Å²) in [6.45, 7) is 1.64. The highest BCUT2D eigenvalue weighted by atomic mass is 16.5. The monoisotopic (exact) mass is 271 g/mol. The van der Waals surface area contributed by atoms with E-state index >= 15 is 0 Å². The molecular formula is C16H21N3O. The normalized spacial score (nSPS) is 13.4. The molecule has 0 radical (unpaired) electrons. The molecule has 0 bridgehead atoms. The standard InChI is InChI=1S/C16H21N3O/c1-20-11-3-8-17-16-18-9-10-19(16)15-7-6-13-4-2-5-14(13)12-15/h6-7,9-10,12H,2-5,8,11H2,1H3,(H,17,18). The molecule has 1 aromatic heterocycles. The molecular weight excluding hydrogens is 250 g/mol. The quantitative estimate of drug-likeness (QED) is 0.821. The van der Waals surface area contributed by atoms with Crippen molar-refractivity contribution < 1.29 is 4.74 Å². The Morgan fingerprint density at radius 3 is 3.10 bits per heavy atom. The van der Waals surface area contributed by atoms with Gasteiger partial charge >= 0.3 is 0 Å². The largest absolute Gasteiger partial charge is 0.385 e. The van der Waals surface area contributed by atoms with E-state index in [0.717, 1.165) is 25.5 Å². The summed E-state index contributed by atoms with van der Waals surface area (Å²) in [5, 5.41) is 3.37. The highest BCUT2D eigenvalue weighted by Crippen LogP contribution is 2.25. The Kier molecular flexibility index (Phi) is 4.02. The van der Waals surface area contributed by atoms with Crippen LogP contribution in [0.25, 0.3) is 5.69 Å². The fourth-order valence-corrected chi connectivity index (χ4v) is 2.77. The van der Waals surface area contributed by atoms with Crippen LogP contribution in [0, 0.1) is 0 Å². The van der Waals surface area contributed by atoms with Crippen molar-refractivity contribution in [2.45, 2.75) is 25.7 Å². The number of anilines is 1. The van der Waals surface area contributed by atoms with Gasteiger partial charge in [0.2, 0.25) is 5.95 Å². The van der Waals surface area contributed by atoms with Crippen LogP contribution in [0.15, 0.2) is 30.6 Å². The Hall–Kier alpha value is -1.81. The number of ether oxygens (including phenoxy) is 1. The molecule has 106 valence electrons. The van der Waals surface area contributed by atoms with E-state index in [9.17, 15) is 0 Å². The first-order valence-electron chi connectivity index (χ1n) is 7.27. The van der Waals surface area contributed by atoms with Crippen molar-refractivity contribution in [1.82, 2.24) is 9.55 Å². The average Bonchev–Trinajstić information content (AvgIpc) is 3.11. The third-order valence-corrected chi connectivity index (χ3v) is 3.81. The van der Waals surface area contributed by atoms with Crippen molar-refractivity contribution in [3.8, 4) is 5.69 Å². The van der Waals surface area contributed by atoms with E-state index in [2.05, 4.69) is 33.1 Å². The lowest BCUT2D eigenvalue weighted by atomic mass is 10.1. The number of nitrogens with zero attached hydrogens (tertiary/aromatic N) is 2. The smallest absolute Gasteiger partial charge is 0.207 e. The lowest BCUT2D eigenvalue weighted by Gasteiger charge is -2.11. The van der Waals surface area contributed by atoms with Gasteiger partial charge in [0.25, 0.3) is 0 Å². The molecule has 3 rings (SSSR count). The van der Waals surface area contributed by atoms with Crippen LogP contribution in [-0.4, -0.2) is 29.8 Å². The van der Waals surface area contributed by atoms with Crippen LogP contribution in [-0.2, 0) is 17.6 Å². The van der Waals surface area contributed by atoms with E-state index in [1.54, 1.807) is 7.11 Å². The minimum absolute atomic E-state index is 0.770. The van der Waals surface area contributed by atoms with Gasteiger partial charge in [-0.15, -0.1) is 0 Å². The molecule has 1 N–H and O–H groups in total. The summed E-state index contributed by atoms with van der Waals surface area (Å²) in [7, 11) is 1.73. The zero-order chi connectivity index (χ0) is 13.8. The van der Waals surface area contributed by atoms with Crippen molar-refractivity contribution in [3.05, 3.63) is 41.7 Å². The number of aryl methyl sites for hydroxylation is 2. The molecule has 4 nitrogen and oxygen atoms in total. The van der Waals surface area contributed by atoms with E-state index in [1.807, 2.05) is 12.4 Å². The SMILES string of the molecule is COCCCNc1nccn1-c1ccc2c(c1)CCC2. The Morgan fingerprint density at radius 1 is 1.30 bits per heavy atom. The molecule has 1 aliphatic carbocycles. The Bertz CT molecular complexity index is 577. The van der Waals surface area contributed by atoms with Crippen molar-refractivity contribution in [2.24, 2.45) is 0 Å². The van der Waals surface area contributed by atoms with Gasteiger partial charge in [0, 0.05) is 38.3 Å². The van der Waals surface area contributed by atoms with Crippen LogP contribution < -0.4 is 5.32 Å². The second-order valence-electron chi connectivity index (χ2n) is 5.20. The van der Waals surface area contributed by atoms with Crippen molar-refractivity contribution in [3.63, 3.8) is 0 Å². The summed E-state index contributed by atoms with van der Waals surface area (Å²) < 4.78 is 7.18.